The van der Waals surface area contributed by atoms with Crippen LogP contribution in [0, 0.1) is 0 Å². The zero-order valence-electron chi connectivity index (χ0n) is 10.9. The van der Waals surface area contributed by atoms with Gasteiger partial charge >= 0.3 is 0 Å². The van der Waals surface area contributed by atoms with Gasteiger partial charge in [0.05, 0.1) is 6.61 Å². The number of halogens is 1. The summed E-state index contributed by atoms with van der Waals surface area (Å²) in [7, 11) is 0. The zero-order chi connectivity index (χ0) is 11.5. The smallest absolute Gasteiger partial charge is 0.119 e. The predicted octanol–water partition coefficient (Wildman–Crippen LogP) is 4.97. The quantitative estimate of drug-likeness (QED) is 0.554. The maximum Gasteiger partial charge on any atom is 0.119 e. The van der Waals surface area contributed by atoms with Gasteiger partial charge in [-0.25, -0.2) is 0 Å². The molecule has 1 aromatic carbocycles. The van der Waals surface area contributed by atoms with Crippen molar-refractivity contribution in [3.05, 3.63) is 30.3 Å². The molecular formula is C15H25FO. The van der Waals surface area contributed by atoms with Gasteiger partial charge in [0.15, 0.2) is 0 Å². The fourth-order valence-corrected chi connectivity index (χ4v) is 1.77. The van der Waals surface area contributed by atoms with Gasteiger partial charge in [-0.1, -0.05) is 63.6 Å². The van der Waals surface area contributed by atoms with Crippen LogP contribution in [0.5, 0.6) is 5.75 Å². The Morgan fingerprint density at radius 1 is 0.824 bits per heavy atom. The van der Waals surface area contributed by atoms with Crippen LogP contribution >= 0.6 is 0 Å². The normalized spacial score (nSPS) is 9.71. The zero-order valence-corrected chi connectivity index (χ0v) is 10.9. The minimum absolute atomic E-state index is 0. The molecule has 0 spiro atoms. The molecule has 0 fully saturated rings. The van der Waals surface area contributed by atoms with Crippen LogP contribution in [0.4, 0.5) is 4.70 Å². The molecule has 0 heterocycles. The summed E-state index contributed by atoms with van der Waals surface area (Å²) in [4.78, 5) is 0. The summed E-state index contributed by atoms with van der Waals surface area (Å²) in [6.07, 6.45) is 9.35. The topological polar surface area (TPSA) is 9.23 Å². The van der Waals surface area contributed by atoms with Crippen LogP contribution in [0.25, 0.3) is 0 Å². The van der Waals surface area contributed by atoms with Crippen LogP contribution in [0.3, 0.4) is 0 Å². The number of rotatable bonds is 9. The van der Waals surface area contributed by atoms with E-state index < -0.39 is 0 Å². The van der Waals surface area contributed by atoms with Gasteiger partial charge in [0.2, 0.25) is 0 Å². The molecule has 17 heavy (non-hydrogen) atoms. The molecule has 0 saturated carbocycles. The van der Waals surface area contributed by atoms with Gasteiger partial charge in [-0.05, 0) is 18.6 Å². The second-order valence-corrected chi connectivity index (χ2v) is 4.28. The van der Waals surface area contributed by atoms with Crippen LogP contribution in [-0.4, -0.2) is 6.61 Å². The van der Waals surface area contributed by atoms with E-state index in [2.05, 4.69) is 6.92 Å². The van der Waals surface area contributed by atoms with E-state index in [1.165, 1.54) is 44.9 Å². The van der Waals surface area contributed by atoms with Crippen LogP contribution in [0.1, 0.15) is 51.9 Å². The van der Waals surface area contributed by atoms with Crippen LogP contribution < -0.4 is 4.74 Å². The fourth-order valence-electron chi connectivity index (χ4n) is 1.77. The Hall–Kier alpha value is -1.05. The lowest BCUT2D eigenvalue weighted by atomic mass is 10.1. The molecule has 1 rings (SSSR count). The lowest BCUT2D eigenvalue weighted by Gasteiger charge is -2.05. The van der Waals surface area contributed by atoms with Crippen molar-refractivity contribution in [2.75, 3.05) is 6.61 Å². The Kier molecular flexibility index (Phi) is 10.7. The van der Waals surface area contributed by atoms with Gasteiger partial charge in [-0.15, -0.1) is 0 Å². The van der Waals surface area contributed by atoms with E-state index >= 15 is 0 Å². The van der Waals surface area contributed by atoms with E-state index in [9.17, 15) is 0 Å². The second kappa shape index (κ2) is 11.4. The lowest BCUT2D eigenvalue weighted by Crippen LogP contribution is -1.96. The van der Waals surface area contributed by atoms with E-state index in [0.717, 1.165) is 12.4 Å². The van der Waals surface area contributed by atoms with E-state index in [1.54, 1.807) is 0 Å². The van der Waals surface area contributed by atoms with E-state index in [-0.39, 0.29) is 4.70 Å². The Balaban J connectivity index is 0.00000256. The van der Waals surface area contributed by atoms with Crippen LogP contribution in [0.15, 0.2) is 30.3 Å². The van der Waals surface area contributed by atoms with Gasteiger partial charge < -0.3 is 4.74 Å². The van der Waals surface area contributed by atoms with Gasteiger partial charge in [0.25, 0.3) is 0 Å². The van der Waals surface area contributed by atoms with Crippen molar-refractivity contribution >= 4 is 0 Å². The number of hydrogen-bond donors (Lipinski definition) is 0. The molecule has 2 heteroatoms. The molecule has 0 aliphatic carbocycles. The molecule has 0 N–H and O–H groups in total. The molecule has 0 radical (unpaired) electrons. The first kappa shape index (κ1) is 16.0. The minimum atomic E-state index is 0. The number of hydrogen-bond acceptors (Lipinski definition) is 1. The van der Waals surface area contributed by atoms with Crippen molar-refractivity contribution < 1.29 is 9.44 Å². The molecule has 1 aromatic rings. The Morgan fingerprint density at radius 2 is 1.41 bits per heavy atom. The molecule has 0 amide bonds. The average molecular weight is 240 g/mol. The predicted molar refractivity (Wildman–Crippen MR) is 72.4 cm³/mol. The third kappa shape index (κ3) is 8.73. The van der Waals surface area contributed by atoms with Crippen molar-refractivity contribution in [1.29, 1.82) is 0 Å². The monoisotopic (exact) mass is 240 g/mol. The molecule has 0 bridgehead atoms. The molecule has 98 valence electrons. The van der Waals surface area contributed by atoms with E-state index in [0.29, 0.717) is 0 Å². The van der Waals surface area contributed by atoms with Gasteiger partial charge in [-0.3, -0.25) is 4.70 Å². The molecule has 0 aliphatic rings. The number of benzene rings is 1. The summed E-state index contributed by atoms with van der Waals surface area (Å²) in [5.41, 5.74) is 0. The van der Waals surface area contributed by atoms with Crippen LogP contribution in [-0.2, 0) is 0 Å². The summed E-state index contributed by atoms with van der Waals surface area (Å²) in [5.74, 6) is 0.994. The maximum absolute atomic E-state index is 5.63. The summed E-state index contributed by atoms with van der Waals surface area (Å²) >= 11 is 0. The lowest BCUT2D eigenvalue weighted by molar-refractivity contribution is 0.304. The fraction of sp³-hybridized carbons (Fsp3) is 0.600. The standard InChI is InChI=1S/C15H24O.FH/c1-2-3-4-5-6-7-11-14-16-15-12-9-8-10-13-15;/h8-10,12-13H,2-7,11,14H2,1H3;1H. The summed E-state index contributed by atoms with van der Waals surface area (Å²) < 4.78 is 5.63. The van der Waals surface area contributed by atoms with E-state index in [1.807, 2.05) is 30.3 Å². The van der Waals surface area contributed by atoms with Gasteiger partial charge in [0.1, 0.15) is 5.75 Å². The number of unbranched alkanes of at least 4 members (excludes halogenated alkanes) is 6. The highest BCUT2D eigenvalue weighted by molar-refractivity contribution is 5.20. The largest absolute Gasteiger partial charge is 0.494 e. The Labute approximate surface area is 105 Å². The minimum Gasteiger partial charge on any atom is -0.494 e. The molecular weight excluding hydrogens is 215 g/mol. The van der Waals surface area contributed by atoms with Crippen molar-refractivity contribution in [2.24, 2.45) is 0 Å². The van der Waals surface area contributed by atoms with Crippen molar-refractivity contribution in [3.63, 3.8) is 0 Å². The summed E-state index contributed by atoms with van der Waals surface area (Å²) in [6, 6.07) is 10.1. The highest BCUT2D eigenvalue weighted by atomic mass is 19.0. The molecule has 0 aromatic heterocycles. The first-order chi connectivity index (χ1) is 7.93. The number of para-hydroxylation sites is 1. The highest BCUT2D eigenvalue weighted by Gasteiger charge is 1.93. The SMILES string of the molecule is CCCCCCCCCOc1ccccc1.F. The third-order valence-electron chi connectivity index (χ3n) is 2.76. The van der Waals surface area contributed by atoms with E-state index in [4.69, 9.17) is 4.74 Å². The van der Waals surface area contributed by atoms with Crippen molar-refractivity contribution in [3.8, 4) is 5.75 Å². The molecule has 0 atom stereocenters. The summed E-state index contributed by atoms with van der Waals surface area (Å²) in [6.45, 7) is 3.12. The molecule has 0 unspecified atom stereocenters. The van der Waals surface area contributed by atoms with Crippen LogP contribution in [0.2, 0.25) is 0 Å². The molecule has 0 saturated heterocycles. The second-order valence-electron chi connectivity index (χ2n) is 4.28. The molecule has 1 nitrogen and oxygen atoms in total. The van der Waals surface area contributed by atoms with Crippen molar-refractivity contribution in [1.82, 2.24) is 0 Å². The first-order valence-corrected chi connectivity index (χ1v) is 6.61. The Bertz CT molecular complexity index is 248. The van der Waals surface area contributed by atoms with Crippen molar-refractivity contribution in [2.45, 2.75) is 51.9 Å². The first-order valence-electron chi connectivity index (χ1n) is 6.61. The molecule has 0 aliphatic heterocycles. The third-order valence-corrected chi connectivity index (χ3v) is 2.76. The maximum atomic E-state index is 5.63. The summed E-state index contributed by atoms with van der Waals surface area (Å²) in [5, 5.41) is 0. The highest BCUT2D eigenvalue weighted by Crippen LogP contribution is 2.10. The van der Waals surface area contributed by atoms with Gasteiger partial charge in [0, 0.05) is 0 Å². The number of ether oxygens (including phenoxy) is 1. The average Bonchev–Trinajstić information content (AvgIpc) is 2.34. The Morgan fingerprint density at radius 3 is 2.06 bits per heavy atom. The van der Waals surface area contributed by atoms with Gasteiger partial charge in [-0.2, -0.15) is 0 Å².